The monoisotopic (exact) mass is 279 g/mol. The summed E-state index contributed by atoms with van der Waals surface area (Å²) in [4.78, 5) is 14.9. The summed E-state index contributed by atoms with van der Waals surface area (Å²) in [6, 6.07) is 7.01. The molecule has 3 aromatic rings. The number of benzene rings is 2. The molecule has 0 saturated heterocycles. The molecule has 1 heterocycles. The molecular weight excluding hydrogens is 271 g/mol. The average Bonchev–Trinajstić information content (AvgIpc) is 2.37. The average molecular weight is 279 g/mol. The topological polar surface area (TPSA) is 53.1 Å². The molecule has 1 aromatic heterocycles. The van der Waals surface area contributed by atoms with Crippen LogP contribution in [-0.2, 0) is 6.18 Å². The lowest BCUT2D eigenvalue weighted by Crippen LogP contribution is -2.08. The summed E-state index contributed by atoms with van der Waals surface area (Å²) in [6.07, 6.45) is -4.47. The molecule has 0 aliphatic carbocycles. The van der Waals surface area contributed by atoms with Gasteiger partial charge >= 0.3 is 6.18 Å². The van der Waals surface area contributed by atoms with E-state index in [2.05, 4.69) is 4.98 Å². The van der Waals surface area contributed by atoms with Crippen molar-refractivity contribution in [2.45, 2.75) is 6.18 Å². The first-order valence-corrected chi connectivity index (χ1v) is 5.72. The maximum Gasteiger partial charge on any atom is 0.416 e. The summed E-state index contributed by atoms with van der Waals surface area (Å²) < 4.78 is 38.0. The van der Waals surface area contributed by atoms with E-state index < -0.39 is 11.7 Å². The fourth-order valence-corrected chi connectivity index (χ4v) is 2.15. The zero-order valence-corrected chi connectivity index (χ0v) is 9.95. The van der Waals surface area contributed by atoms with Crippen LogP contribution in [0.5, 0.6) is 5.75 Å². The van der Waals surface area contributed by atoms with Crippen LogP contribution in [0.1, 0.15) is 5.56 Å². The fraction of sp³-hybridized carbons (Fsp3) is 0.0714. The van der Waals surface area contributed by atoms with E-state index in [4.69, 9.17) is 0 Å². The summed E-state index contributed by atoms with van der Waals surface area (Å²) in [5, 5.41) is 9.87. The number of nitrogens with one attached hydrogen (secondary N) is 1. The van der Waals surface area contributed by atoms with Gasteiger partial charge in [-0.15, -0.1) is 0 Å². The first-order chi connectivity index (χ1) is 9.36. The van der Waals surface area contributed by atoms with Crippen LogP contribution in [0, 0.1) is 0 Å². The summed E-state index contributed by atoms with van der Waals surface area (Å²) in [5.74, 6) is -0.0699. The molecule has 0 aliphatic rings. The van der Waals surface area contributed by atoms with Crippen LogP contribution < -0.4 is 5.43 Å². The molecule has 0 saturated carbocycles. The molecule has 0 aliphatic heterocycles. The zero-order valence-electron chi connectivity index (χ0n) is 9.95. The number of rotatable bonds is 0. The summed E-state index contributed by atoms with van der Waals surface area (Å²) in [5.41, 5.74) is -0.827. The van der Waals surface area contributed by atoms with Gasteiger partial charge in [0.15, 0.2) is 5.43 Å². The molecule has 0 fully saturated rings. The van der Waals surface area contributed by atoms with E-state index in [1.807, 2.05) is 0 Å². The molecular formula is C14H8F3NO2. The highest BCUT2D eigenvalue weighted by atomic mass is 19.4. The largest absolute Gasteiger partial charge is 0.508 e. The Morgan fingerprint density at radius 3 is 2.20 bits per heavy atom. The molecule has 6 heteroatoms. The van der Waals surface area contributed by atoms with Crippen molar-refractivity contribution >= 4 is 21.8 Å². The lowest BCUT2D eigenvalue weighted by atomic mass is 10.1. The van der Waals surface area contributed by atoms with Crippen LogP contribution in [0.15, 0.2) is 41.2 Å². The molecule has 3 rings (SSSR count). The smallest absolute Gasteiger partial charge is 0.416 e. The number of halogens is 3. The number of phenolic OH excluding ortho intramolecular Hbond substituents is 1. The van der Waals surface area contributed by atoms with Gasteiger partial charge in [0, 0.05) is 16.8 Å². The second-order valence-electron chi connectivity index (χ2n) is 4.44. The first kappa shape index (κ1) is 12.5. The number of alkyl halides is 3. The second kappa shape index (κ2) is 4.00. The Bertz CT molecular complexity index is 881. The van der Waals surface area contributed by atoms with E-state index >= 15 is 0 Å². The van der Waals surface area contributed by atoms with Crippen molar-refractivity contribution in [2.24, 2.45) is 0 Å². The van der Waals surface area contributed by atoms with E-state index in [0.29, 0.717) is 10.9 Å². The second-order valence-corrected chi connectivity index (χ2v) is 4.44. The summed E-state index contributed by atoms with van der Waals surface area (Å²) in [6.45, 7) is 0. The number of hydrogen-bond acceptors (Lipinski definition) is 2. The van der Waals surface area contributed by atoms with Gasteiger partial charge in [-0.05, 0) is 30.3 Å². The number of phenols is 1. The Labute approximate surface area is 110 Å². The number of aromatic nitrogens is 1. The van der Waals surface area contributed by atoms with Crippen LogP contribution in [0.2, 0.25) is 0 Å². The standard InChI is InChI=1S/C14H8F3NO2/c15-14(16,17)7-1-3-9-11(5-7)18-12-6-8(19)2-4-10(12)13(9)20/h1-6,19H,(H,18,20). The Morgan fingerprint density at radius 1 is 0.950 bits per heavy atom. The van der Waals surface area contributed by atoms with Crippen LogP contribution in [0.3, 0.4) is 0 Å². The number of aromatic amines is 1. The van der Waals surface area contributed by atoms with Crippen molar-refractivity contribution in [3.63, 3.8) is 0 Å². The highest BCUT2D eigenvalue weighted by molar-refractivity contribution is 5.93. The number of hydrogen-bond donors (Lipinski definition) is 2. The van der Waals surface area contributed by atoms with Gasteiger partial charge in [0.2, 0.25) is 0 Å². The predicted octanol–water partition coefficient (Wildman–Crippen LogP) is 3.41. The Kier molecular flexibility index (Phi) is 2.50. The normalized spacial score (nSPS) is 12.2. The molecule has 0 amide bonds. The highest BCUT2D eigenvalue weighted by Crippen LogP contribution is 2.31. The number of pyridine rings is 1. The third-order valence-electron chi connectivity index (χ3n) is 3.11. The van der Waals surface area contributed by atoms with E-state index in [1.165, 1.54) is 18.2 Å². The van der Waals surface area contributed by atoms with Gasteiger partial charge in [-0.3, -0.25) is 4.79 Å². The Morgan fingerprint density at radius 2 is 1.55 bits per heavy atom. The van der Waals surface area contributed by atoms with Crippen molar-refractivity contribution in [1.29, 1.82) is 0 Å². The summed E-state index contributed by atoms with van der Waals surface area (Å²) >= 11 is 0. The quantitative estimate of drug-likeness (QED) is 0.620. The molecule has 102 valence electrons. The first-order valence-electron chi connectivity index (χ1n) is 5.72. The maximum absolute atomic E-state index is 12.7. The molecule has 0 spiro atoms. The maximum atomic E-state index is 12.7. The van der Waals surface area contributed by atoms with E-state index in [-0.39, 0.29) is 22.1 Å². The minimum atomic E-state index is -4.47. The third-order valence-corrected chi connectivity index (χ3v) is 3.11. The Balaban J connectivity index is 2.41. The lowest BCUT2D eigenvalue weighted by molar-refractivity contribution is -0.137. The molecule has 3 nitrogen and oxygen atoms in total. The van der Waals surface area contributed by atoms with Gasteiger partial charge in [-0.2, -0.15) is 13.2 Å². The summed E-state index contributed by atoms with van der Waals surface area (Å²) in [7, 11) is 0. The molecule has 0 unspecified atom stereocenters. The van der Waals surface area contributed by atoms with Crippen LogP contribution >= 0.6 is 0 Å². The number of aromatic hydroxyl groups is 1. The zero-order chi connectivity index (χ0) is 14.5. The number of fused-ring (bicyclic) bond motifs is 2. The van der Waals surface area contributed by atoms with Crippen LogP contribution in [-0.4, -0.2) is 10.1 Å². The minimum absolute atomic E-state index is 0.0699. The molecule has 20 heavy (non-hydrogen) atoms. The van der Waals surface area contributed by atoms with Crippen molar-refractivity contribution in [2.75, 3.05) is 0 Å². The van der Waals surface area contributed by atoms with E-state index in [9.17, 15) is 23.1 Å². The van der Waals surface area contributed by atoms with E-state index in [1.54, 1.807) is 0 Å². The SMILES string of the molecule is O=c1c2ccc(O)cc2[nH]c2cc(C(F)(F)F)ccc12. The molecule has 2 aromatic carbocycles. The van der Waals surface area contributed by atoms with Gasteiger partial charge in [0.1, 0.15) is 5.75 Å². The Hall–Kier alpha value is -2.50. The van der Waals surface area contributed by atoms with Crippen molar-refractivity contribution in [3.05, 3.63) is 52.2 Å². The van der Waals surface area contributed by atoms with Crippen molar-refractivity contribution in [1.82, 2.24) is 4.98 Å². The van der Waals surface area contributed by atoms with Gasteiger partial charge in [0.05, 0.1) is 16.6 Å². The lowest BCUT2D eigenvalue weighted by Gasteiger charge is -2.08. The molecule has 0 bridgehead atoms. The van der Waals surface area contributed by atoms with Crippen molar-refractivity contribution in [3.8, 4) is 5.75 Å². The fourth-order valence-electron chi connectivity index (χ4n) is 2.15. The van der Waals surface area contributed by atoms with Crippen LogP contribution in [0.4, 0.5) is 13.2 Å². The molecule has 0 radical (unpaired) electrons. The van der Waals surface area contributed by atoms with Gasteiger partial charge in [0.25, 0.3) is 0 Å². The minimum Gasteiger partial charge on any atom is -0.508 e. The third kappa shape index (κ3) is 1.89. The molecule has 2 N–H and O–H groups in total. The van der Waals surface area contributed by atoms with Gasteiger partial charge in [-0.25, -0.2) is 0 Å². The van der Waals surface area contributed by atoms with Gasteiger partial charge < -0.3 is 10.1 Å². The van der Waals surface area contributed by atoms with Crippen LogP contribution in [0.25, 0.3) is 21.8 Å². The molecule has 0 atom stereocenters. The van der Waals surface area contributed by atoms with Crippen molar-refractivity contribution < 1.29 is 18.3 Å². The number of H-pyrrole nitrogens is 1. The predicted molar refractivity (Wildman–Crippen MR) is 68.7 cm³/mol. The van der Waals surface area contributed by atoms with Gasteiger partial charge in [-0.1, -0.05) is 0 Å². The van der Waals surface area contributed by atoms with E-state index in [0.717, 1.165) is 18.2 Å². The highest BCUT2D eigenvalue weighted by Gasteiger charge is 2.30.